The summed E-state index contributed by atoms with van der Waals surface area (Å²) in [5.74, 6) is 0. The number of nitrogens with zero attached hydrogens (tertiary/aromatic N) is 1. The Kier molecular flexibility index (Phi) is 4.71. The standard InChI is InChI=1S/C20H27NOSi/c1-20(2,3)23(18-11-6-4-7-12-18,19-13-8-5-9-14-19)22-17-21-15-10-16-21/h4-9,11-14H,10,15-17H2,1-3H3. The van der Waals surface area contributed by atoms with Crippen LogP contribution >= 0.6 is 0 Å². The lowest BCUT2D eigenvalue weighted by Gasteiger charge is -2.45. The van der Waals surface area contributed by atoms with Crippen LogP contribution in [0.3, 0.4) is 0 Å². The van der Waals surface area contributed by atoms with Gasteiger partial charge in [0.2, 0.25) is 0 Å². The Bertz CT molecular complexity index is 578. The lowest BCUT2D eigenvalue weighted by atomic mass is 10.2. The Morgan fingerprint density at radius 1 is 0.870 bits per heavy atom. The molecule has 2 nitrogen and oxygen atoms in total. The minimum atomic E-state index is -2.34. The molecule has 0 amide bonds. The molecule has 3 heteroatoms. The monoisotopic (exact) mass is 325 g/mol. The van der Waals surface area contributed by atoms with Gasteiger partial charge < -0.3 is 4.43 Å². The van der Waals surface area contributed by atoms with E-state index in [4.69, 9.17) is 4.43 Å². The summed E-state index contributed by atoms with van der Waals surface area (Å²) in [6.45, 7) is 10.1. The summed E-state index contributed by atoms with van der Waals surface area (Å²) in [5.41, 5.74) is 0. The smallest absolute Gasteiger partial charge is 0.262 e. The maximum Gasteiger partial charge on any atom is 0.262 e. The molecule has 0 bridgehead atoms. The van der Waals surface area contributed by atoms with Crippen LogP contribution in [0.1, 0.15) is 27.2 Å². The van der Waals surface area contributed by atoms with Crippen LogP contribution in [0.2, 0.25) is 5.04 Å². The highest BCUT2D eigenvalue weighted by atomic mass is 28.4. The number of benzene rings is 2. The van der Waals surface area contributed by atoms with Gasteiger partial charge in [-0.15, -0.1) is 0 Å². The second-order valence-corrected chi connectivity index (χ2v) is 11.7. The van der Waals surface area contributed by atoms with Crippen molar-refractivity contribution < 1.29 is 4.43 Å². The third-order valence-electron chi connectivity index (χ3n) is 4.83. The molecule has 0 spiro atoms. The molecule has 122 valence electrons. The topological polar surface area (TPSA) is 12.5 Å². The van der Waals surface area contributed by atoms with Gasteiger partial charge in [0, 0.05) is 13.1 Å². The number of hydrogen-bond donors (Lipinski definition) is 0. The van der Waals surface area contributed by atoms with Crippen LogP contribution < -0.4 is 10.4 Å². The van der Waals surface area contributed by atoms with E-state index in [-0.39, 0.29) is 5.04 Å². The molecule has 1 heterocycles. The molecule has 1 fully saturated rings. The molecule has 2 aromatic carbocycles. The average Bonchev–Trinajstić information content (AvgIpc) is 2.50. The van der Waals surface area contributed by atoms with Gasteiger partial charge in [0.15, 0.2) is 0 Å². The quantitative estimate of drug-likeness (QED) is 0.783. The molecule has 0 aromatic heterocycles. The Hall–Kier alpha value is -1.42. The van der Waals surface area contributed by atoms with E-state index in [1.807, 2.05) is 0 Å². The minimum Gasteiger partial charge on any atom is -0.395 e. The fraction of sp³-hybridized carbons (Fsp3) is 0.400. The van der Waals surface area contributed by atoms with Crippen molar-refractivity contribution in [3.8, 4) is 0 Å². The van der Waals surface area contributed by atoms with Crippen molar-refractivity contribution in [3.05, 3.63) is 60.7 Å². The molecule has 0 unspecified atom stereocenters. The van der Waals surface area contributed by atoms with Gasteiger partial charge in [-0.3, -0.25) is 4.90 Å². The van der Waals surface area contributed by atoms with E-state index in [0.29, 0.717) is 0 Å². The predicted octanol–water partition coefficient (Wildman–Crippen LogP) is 3.23. The zero-order valence-corrected chi connectivity index (χ0v) is 15.5. The average molecular weight is 326 g/mol. The summed E-state index contributed by atoms with van der Waals surface area (Å²) in [6.07, 6.45) is 1.30. The first-order valence-corrected chi connectivity index (χ1v) is 10.4. The van der Waals surface area contributed by atoms with Crippen LogP contribution in [0.5, 0.6) is 0 Å². The highest BCUT2D eigenvalue weighted by molar-refractivity contribution is 6.99. The molecule has 0 aliphatic carbocycles. The van der Waals surface area contributed by atoms with Gasteiger partial charge in [-0.2, -0.15) is 0 Å². The lowest BCUT2D eigenvalue weighted by Crippen LogP contribution is -2.67. The predicted molar refractivity (Wildman–Crippen MR) is 99.8 cm³/mol. The SMILES string of the molecule is CC(C)(C)[Si](OCN1CCC1)(c1ccccc1)c1ccccc1. The van der Waals surface area contributed by atoms with Crippen molar-refractivity contribution in [1.29, 1.82) is 0 Å². The van der Waals surface area contributed by atoms with E-state index in [1.165, 1.54) is 16.8 Å². The number of likely N-dealkylation sites (tertiary alicyclic amines) is 1. The van der Waals surface area contributed by atoms with Crippen LogP contribution in [0.25, 0.3) is 0 Å². The summed E-state index contributed by atoms with van der Waals surface area (Å²) in [7, 11) is -2.34. The molecule has 0 N–H and O–H groups in total. The molecular weight excluding hydrogens is 298 g/mol. The molecule has 23 heavy (non-hydrogen) atoms. The number of hydrogen-bond acceptors (Lipinski definition) is 2. The molecule has 1 aliphatic heterocycles. The molecule has 0 radical (unpaired) electrons. The van der Waals surface area contributed by atoms with Gasteiger partial charge >= 0.3 is 0 Å². The third-order valence-corrected chi connectivity index (χ3v) is 9.80. The minimum absolute atomic E-state index is 0.0700. The second kappa shape index (κ2) is 6.60. The van der Waals surface area contributed by atoms with Crippen LogP contribution in [-0.4, -0.2) is 33.0 Å². The molecular formula is C20H27NOSi. The third kappa shape index (κ3) is 3.14. The first-order chi connectivity index (χ1) is 11.0. The van der Waals surface area contributed by atoms with Crippen molar-refractivity contribution in [3.63, 3.8) is 0 Å². The van der Waals surface area contributed by atoms with E-state index in [0.717, 1.165) is 19.8 Å². The highest BCUT2D eigenvalue weighted by Crippen LogP contribution is 2.36. The van der Waals surface area contributed by atoms with Crippen molar-refractivity contribution >= 4 is 18.7 Å². The summed E-state index contributed by atoms with van der Waals surface area (Å²) >= 11 is 0. The summed E-state index contributed by atoms with van der Waals surface area (Å²) in [6, 6.07) is 21.7. The van der Waals surface area contributed by atoms with Crippen molar-refractivity contribution in [2.24, 2.45) is 0 Å². The van der Waals surface area contributed by atoms with Gasteiger partial charge in [0.25, 0.3) is 8.32 Å². The summed E-state index contributed by atoms with van der Waals surface area (Å²) in [5, 5.41) is 2.79. The Labute approximate surface area is 141 Å². The lowest BCUT2D eigenvalue weighted by molar-refractivity contribution is 0.0668. The van der Waals surface area contributed by atoms with E-state index in [9.17, 15) is 0 Å². The first kappa shape index (κ1) is 16.4. The van der Waals surface area contributed by atoms with Crippen LogP contribution in [-0.2, 0) is 4.43 Å². The van der Waals surface area contributed by atoms with Crippen LogP contribution in [0.4, 0.5) is 0 Å². The van der Waals surface area contributed by atoms with Crippen molar-refractivity contribution in [2.45, 2.75) is 32.2 Å². The van der Waals surface area contributed by atoms with Crippen LogP contribution in [0.15, 0.2) is 60.7 Å². The largest absolute Gasteiger partial charge is 0.395 e. The van der Waals surface area contributed by atoms with Gasteiger partial charge in [0.1, 0.15) is 0 Å². The molecule has 0 atom stereocenters. The summed E-state index contributed by atoms with van der Waals surface area (Å²) in [4.78, 5) is 2.40. The fourth-order valence-corrected chi connectivity index (χ4v) is 7.99. The zero-order chi connectivity index (χ0) is 16.3. The van der Waals surface area contributed by atoms with Gasteiger partial charge in [-0.1, -0.05) is 81.4 Å². The van der Waals surface area contributed by atoms with E-state index >= 15 is 0 Å². The maximum atomic E-state index is 6.84. The van der Waals surface area contributed by atoms with Gasteiger partial charge in [-0.25, -0.2) is 0 Å². The Morgan fingerprint density at radius 2 is 1.35 bits per heavy atom. The summed E-state index contributed by atoms with van der Waals surface area (Å²) < 4.78 is 6.84. The normalized spacial score (nSPS) is 16.1. The molecule has 2 aromatic rings. The first-order valence-electron chi connectivity index (χ1n) is 8.51. The van der Waals surface area contributed by atoms with Crippen molar-refractivity contribution in [2.75, 3.05) is 19.8 Å². The zero-order valence-electron chi connectivity index (χ0n) is 14.5. The maximum absolute atomic E-state index is 6.84. The van der Waals surface area contributed by atoms with E-state index in [1.54, 1.807) is 0 Å². The molecule has 1 aliphatic rings. The molecule has 3 rings (SSSR count). The Balaban J connectivity index is 2.08. The second-order valence-electron chi connectivity index (χ2n) is 7.41. The highest BCUT2D eigenvalue weighted by Gasteiger charge is 2.50. The van der Waals surface area contributed by atoms with Gasteiger partial charge in [-0.05, 0) is 21.8 Å². The molecule has 1 saturated heterocycles. The van der Waals surface area contributed by atoms with E-state index in [2.05, 4.69) is 86.3 Å². The fourth-order valence-electron chi connectivity index (χ4n) is 3.46. The molecule has 0 saturated carbocycles. The van der Waals surface area contributed by atoms with E-state index < -0.39 is 8.32 Å². The van der Waals surface area contributed by atoms with Crippen molar-refractivity contribution in [1.82, 2.24) is 4.90 Å². The Morgan fingerprint density at radius 3 is 1.70 bits per heavy atom. The number of rotatable bonds is 5. The van der Waals surface area contributed by atoms with Gasteiger partial charge in [0.05, 0.1) is 6.73 Å². The van der Waals surface area contributed by atoms with Crippen LogP contribution in [0, 0.1) is 0 Å².